The molecule has 0 saturated heterocycles. The van der Waals surface area contributed by atoms with Crippen LogP contribution in [0.3, 0.4) is 0 Å². The molecule has 0 aliphatic carbocycles. The van der Waals surface area contributed by atoms with E-state index in [1.54, 1.807) is 0 Å². The van der Waals surface area contributed by atoms with Crippen LogP contribution in [0, 0.1) is 6.92 Å². The van der Waals surface area contributed by atoms with Crippen molar-refractivity contribution in [2.45, 2.75) is 32.9 Å². The third-order valence-corrected chi connectivity index (χ3v) is 2.14. The molecule has 2 N–H and O–H groups in total. The Morgan fingerprint density at radius 3 is 2.64 bits per heavy atom. The zero-order chi connectivity index (χ0) is 10.6. The highest BCUT2D eigenvalue weighted by Crippen LogP contribution is 2.04. The molecule has 1 rings (SSSR count). The molecule has 1 aromatic heterocycles. The summed E-state index contributed by atoms with van der Waals surface area (Å²) in [5.41, 5.74) is 1.93. The molecule has 3 nitrogen and oxygen atoms in total. The number of rotatable bonds is 4. The van der Waals surface area contributed by atoms with Gasteiger partial charge in [0, 0.05) is 24.0 Å². The molecule has 3 heteroatoms. The number of pyridine rings is 1. The van der Waals surface area contributed by atoms with Gasteiger partial charge < -0.3 is 10.4 Å². The lowest BCUT2D eigenvalue weighted by Gasteiger charge is -2.23. The van der Waals surface area contributed by atoms with Crippen LogP contribution in [0.25, 0.3) is 0 Å². The van der Waals surface area contributed by atoms with Gasteiger partial charge in [0.25, 0.3) is 0 Å². The standard InChI is InChI=1S/C11H18N2O/c1-9-4-5-10(6-12-9)7-13-11(2,3)8-14/h4-6,13-14H,7-8H2,1-3H3. The summed E-state index contributed by atoms with van der Waals surface area (Å²) in [6, 6.07) is 4.03. The predicted octanol–water partition coefficient (Wildman–Crippen LogP) is 1.25. The van der Waals surface area contributed by atoms with Crippen LogP contribution < -0.4 is 5.32 Å². The van der Waals surface area contributed by atoms with E-state index in [9.17, 15) is 0 Å². The highest BCUT2D eigenvalue weighted by atomic mass is 16.3. The van der Waals surface area contributed by atoms with Crippen LogP contribution in [0.1, 0.15) is 25.1 Å². The summed E-state index contributed by atoms with van der Waals surface area (Å²) in [5.74, 6) is 0. The first-order valence-electron chi connectivity index (χ1n) is 4.81. The van der Waals surface area contributed by atoms with Crippen LogP contribution in [0.4, 0.5) is 0 Å². The van der Waals surface area contributed by atoms with Crippen molar-refractivity contribution in [2.24, 2.45) is 0 Å². The summed E-state index contributed by atoms with van der Waals surface area (Å²) in [4.78, 5) is 4.20. The monoisotopic (exact) mass is 194 g/mol. The van der Waals surface area contributed by atoms with Crippen LogP contribution >= 0.6 is 0 Å². The van der Waals surface area contributed by atoms with Crippen molar-refractivity contribution in [2.75, 3.05) is 6.61 Å². The van der Waals surface area contributed by atoms with E-state index >= 15 is 0 Å². The Hall–Kier alpha value is -0.930. The number of hydrogen-bond acceptors (Lipinski definition) is 3. The molecule has 0 fully saturated rings. The Kier molecular flexibility index (Phi) is 3.61. The minimum Gasteiger partial charge on any atom is -0.394 e. The van der Waals surface area contributed by atoms with Crippen molar-refractivity contribution in [1.29, 1.82) is 0 Å². The molecule has 0 aliphatic heterocycles. The van der Waals surface area contributed by atoms with Gasteiger partial charge in [-0.15, -0.1) is 0 Å². The molecule has 78 valence electrons. The number of hydrogen-bond donors (Lipinski definition) is 2. The maximum absolute atomic E-state index is 9.04. The normalized spacial score (nSPS) is 11.7. The topological polar surface area (TPSA) is 45.1 Å². The van der Waals surface area contributed by atoms with E-state index in [0.29, 0.717) is 0 Å². The van der Waals surface area contributed by atoms with Gasteiger partial charge in [0.1, 0.15) is 0 Å². The van der Waals surface area contributed by atoms with Crippen LogP contribution in [-0.2, 0) is 6.54 Å². The smallest absolute Gasteiger partial charge is 0.0607 e. The molecule has 0 bridgehead atoms. The second-order valence-electron chi connectivity index (χ2n) is 4.20. The van der Waals surface area contributed by atoms with Gasteiger partial charge >= 0.3 is 0 Å². The predicted molar refractivity (Wildman–Crippen MR) is 57.0 cm³/mol. The van der Waals surface area contributed by atoms with Gasteiger partial charge in [0.05, 0.1) is 6.61 Å². The summed E-state index contributed by atoms with van der Waals surface area (Å²) >= 11 is 0. The Morgan fingerprint density at radius 2 is 2.14 bits per heavy atom. The highest BCUT2D eigenvalue weighted by molar-refractivity contribution is 5.13. The molecule has 0 saturated carbocycles. The van der Waals surface area contributed by atoms with E-state index in [4.69, 9.17) is 5.11 Å². The lowest BCUT2D eigenvalue weighted by Crippen LogP contribution is -2.42. The minimum absolute atomic E-state index is 0.131. The summed E-state index contributed by atoms with van der Waals surface area (Å²) in [5, 5.41) is 12.3. The van der Waals surface area contributed by atoms with Gasteiger partial charge in [-0.05, 0) is 32.4 Å². The molecule has 0 aliphatic rings. The fraction of sp³-hybridized carbons (Fsp3) is 0.545. The molecular formula is C11H18N2O. The van der Waals surface area contributed by atoms with E-state index < -0.39 is 0 Å². The molecular weight excluding hydrogens is 176 g/mol. The van der Waals surface area contributed by atoms with Crippen molar-refractivity contribution in [3.05, 3.63) is 29.6 Å². The van der Waals surface area contributed by atoms with Crippen molar-refractivity contribution in [3.8, 4) is 0 Å². The lowest BCUT2D eigenvalue weighted by molar-refractivity contribution is 0.187. The molecule has 0 radical (unpaired) electrons. The SMILES string of the molecule is Cc1ccc(CNC(C)(C)CO)cn1. The Balaban J connectivity index is 2.50. The minimum atomic E-state index is -0.231. The molecule has 1 heterocycles. The van der Waals surface area contributed by atoms with E-state index in [-0.39, 0.29) is 12.1 Å². The summed E-state index contributed by atoms with van der Waals surface area (Å²) < 4.78 is 0. The van der Waals surface area contributed by atoms with Gasteiger partial charge in [0.2, 0.25) is 0 Å². The Morgan fingerprint density at radius 1 is 1.43 bits per heavy atom. The third kappa shape index (κ3) is 3.44. The summed E-state index contributed by atoms with van der Waals surface area (Å²) in [6.45, 7) is 6.77. The van der Waals surface area contributed by atoms with Crippen LogP contribution in [-0.4, -0.2) is 22.2 Å². The van der Waals surface area contributed by atoms with Gasteiger partial charge in [-0.1, -0.05) is 6.07 Å². The van der Waals surface area contributed by atoms with Crippen LogP contribution in [0.15, 0.2) is 18.3 Å². The quantitative estimate of drug-likeness (QED) is 0.758. The first kappa shape index (κ1) is 11.1. The average molecular weight is 194 g/mol. The Labute approximate surface area is 85.2 Å². The molecule has 0 aromatic carbocycles. The molecule has 0 unspecified atom stereocenters. The van der Waals surface area contributed by atoms with Gasteiger partial charge in [-0.3, -0.25) is 4.98 Å². The Bertz CT molecular complexity index is 280. The zero-order valence-corrected chi connectivity index (χ0v) is 9.04. The first-order valence-corrected chi connectivity index (χ1v) is 4.81. The number of aryl methyl sites for hydroxylation is 1. The van der Waals surface area contributed by atoms with Gasteiger partial charge in [-0.2, -0.15) is 0 Å². The first-order chi connectivity index (χ1) is 6.53. The van der Waals surface area contributed by atoms with Crippen LogP contribution in [0.2, 0.25) is 0 Å². The number of aromatic nitrogens is 1. The number of nitrogens with one attached hydrogen (secondary N) is 1. The van der Waals surface area contributed by atoms with Crippen molar-refractivity contribution >= 4 is 0 Å². The van der Waals surface area contributed by atoms with E-state index in [1.165, 1.54) is 0 Å². The fourth-order valence-electron chi connectivity index (χ4n) is 1.00. The van der Waals surface area contributed by atoms with Crippen LogP contribution in [0.5, 0.6) is 0 Å². The molecule has 0 spiro atoms. The zero-order valence-electron chi connectivity index (χ0n) is 9.04. The van der Waals surface area contributed by atoms with E-state index in [2.05, 4.69) is 10.3 Å². The van der Waals surface area contributed by atoms with Crippen molar-refractivity contribution in [3.63, 3.8) is 0 Å². The maximum Gasteiger partial charge on any atom is 0.0607 e. The van der Waals surface area contributed by atoms with Crippen molar-refractivity contribution in [1.82, 2.24) is 10.3 Å². The van der Waals surface area contributed by atoms with E-state index in [0.717, 1.165) is 17.8 Å². The molecule has 0 atom stereocenters. The second kappa shape index (κ2) is 4.53. The summed E-state index contributed by atoms with van der Waals surface area (Å²) in [6.07, 6.45) is 1.86. The molecule has 1 aromatic rings. The number of nitrogens with zero attached hydrogens (tertiary/aromatic N) is 1. The van der Waals surface area contributed by atoms with Gasteiger partial charge in [-0.25, -0.2) is 0 Å². The largest absolute Gasteiger partial charge is 0.394 e. The molecule has 14 heavy (non-hydrogen) atoms. The fourth-order valence-corrected chi connectivity index (χ4v) is 1.00. The highest BCUT2D eigenvalue weighted by Gasteiger charge is 2.14. The summed E-state index contributed by atoms with van der Waals surface area (Å²) in [7, 11) is 0. The molecule has 0 amide bonds. The second-order valence-corrected chi connectivity index (χ2v) is 4.20. The van der Waals surface area contributed by atoms with Crippen molar-refractivity contribution < 1.29 is 5.11 Å². The number of aliphatic hydroxyl groups is 1. The average Bonchev–Trinajstić information content (AvgIpc) is 2.17. The lowest BCUT2D eigenvalue weighted by atomic mass is 10.1. The van der Waals surface area contributed by atoms with E-state index in [1.807, 2.05) is 39.1 Å². The third-order valence-electron chi connectivity index (χ3n) is 2.14. The number of aliphatic hydroxyl groups excluding tert-OH is 1. The maximum atomic E-state index is 9.04. The van der Waals surface area contributed by atoms with Gasteiger partial charge in [0.15, 0.2) is 0 Å².